The Hall–Kier alpha value is -1.66. The highest BCUT2D eigenvalue weighted by Gasteiger charge is 2.10. The molecule has 3 N–H and O–H groups in total. The first kappa shape index (κ1) is 12.8. The minimum atomic E-state index is -0.459. The van der Waals surface area contributed by atoms with Crippen LogP contribution < -0.4 is 11.3 Å². The second kappa shape index (κ2) is 5.32. The summed E-state index contributed by atoms with van der Waals surface area (Å²) in [6.45, 7) is 4.00. The van der Waals surface area contributed by atoms with Gasteiger partial charge in [-0.05, 0) is 25.5 Å². The maximum absolute atomic E-state index is 13.6. The van der Waals surface area contributed by atoms with Gasteiger partial charge in [-0.3, -0.25) is 5.43 Å². The van der Waals surface area contributed by atoms with E-state index in [2.05, 4.69) is 15.4 Å². The Labute approximate surface area is 109 Å². The molecule has 0 aliphatic heterocycles. The molecule has 0 aliphatic carbocycles. The first-order valence-electron chi connectivity index (χ1n) is 5.34. The predicted molar refractivity (Wildman–Crippen MR) is 69.8 cm³/mol. The molecule has 0 amide bonds. The molecule has 0 fully saturated rings. The molecule has 0 saturated carbocycles. The Balaban J connectivity index is 2.33. The third kappa shape index (κ3) is 2.77. The van der Waals surface area contributed by atoms with Gasteiger partial charge in [-0.2, -0.15) is 0 Å². The standard InChI is InChI=1S/C12H13FN4S/c1-7-3-4-10(8(2)5-7)18-11-9(13)6-15-12(16-11)17-14/h3-6H,14H2,1-2H3,(H,15,16,17). The topological polar surface area (TPSA) is 63.8 Å². The smallest absolute Gasteiger partial charge is 0.238 e. The van der Waals surface area contributed by atoms with Crippen molar-refractivity contribution < 1.29 is 4.39 Å². The van der Waals surface area contributed by atoms with E-state index < -0.39 is 5.82 Å². The quantitative estimate of drug-likeness (QED) is 0.507. The molecule has 0 aliphatic rings. The molecule has 0 radical (unpaired) electrons. The van der Waals surface area contributed by atoms with Crippen molar-refractivity contribution in [3.05, 3.63) is 41.3 Å². The number of hydrogen-bond acceptors (Lipinski definition) is 5. The van der Waals surface area contributed by atoms with Crippen molar-refractivity contribution in [3.63, 3.8) is 0 Å². The van der Waals surface area contributed by atoms with E-state index in [9.17, 15) is 4.39 Å². The molecule has 94 valence electrons. The van der Waals surface area contributed by atoms with Crippen LogP contribution in [0.2, 0.25) is 0 Å². The number of hydrogen-bond donors (Lipinski definition) is 2. The predicted octanol–water partition coefficient (Wildman–Crippen LogP) is 2.67. The van der Waals surface area contributed by atoms with Crippen LogP contribution in [0.15, 0.2) is 34.3 Å². The zero-order chi connectivity index (χ0) is 13.1. The lowest BCUT2D eigenvalue weighted by Gasteiger charge is -2.07. The van der Waals surface area contributed by atoms with Gasteiger partial charge in [0.05, 0.1) is 6.20 Å². The van der Waals surface area contributed by atoms with Gasteiger partial charge in [0, 0.05) is 4.90 Å². The fraction of sp³-hybridized carbons (Fsp3) is 0.167. The number of hydrazine groups is 1. The van der Waals surface area contributed by atoms with Crippen LogP contribution in [0.25, 0.3) is 0 Å². The van der Waals surface area contributed by atoms with E-state index in [4.69, 9.17) is 5.84 Å². The fourth-order valence-corrected chi connectivity index (χ4v) is 2.36. The van der Waals surface area contributed by atoms with Crippen LogP contribution in [-0.2, 0) is 0 Å². The fourth-order valence-electron chi connectivity index (χ4n) is 1.51. The molecule has 6 heteroatoms. The first-order valence-corrected chi connectivity index (χ1v) is 6.16. The minimum Gasteiger partial charge on any atom is -0.292 e. The van der Waals surface area contributed by atoms with E-state index in [1.807, 2.05) is 32.0 Å². The zero-order valence-corrected chi connectivity index (χ0v) is 10.9. The van der Waals surface area contributed by atoms with Crippen molar-refractivity contribution in [2.45, 2.75) is 23.8 Å². The average molecular weight is 264 g/mol. The number of nitrogens with zero attached hydrogens (tertiary/aromatic N) is 2. The number of rotatable bonds is 3. The summed E-state index contributed by atoms with van der Waals surface area (Å²) >= 11 is 1.26. The van der Waals surface area contributed by atoms with Crippen LogP contribution in [0, 0.1) is 19.7 Å². The van der Waals surface area contributed by atoms with Crippen molar-refractivity contribution >= 4 is 17.7 Å². The number of nitrogen functional groups attached to an aromatic ring is 1. The van der Waals surface area contributed by atoms with Crippen molar-refractivity contribution in [2.75, 3.05) is 5.43 Å². The van der Waals surface area contributed by atoms with Crippen LogP contribution in [0.3, 0.4) is 0 Å². The van der Waals surface area contributed by atoms with Gasteiger partial charge in [0.25, 0.3) is 0 Å². The van der Waals surface area contributed by atoms with Crippen molar-refractivity contribution in [1.82, 2.24) is 9.97 Å². The van der Waals surface area contributed by atoms with Crippen LogP contribution in [0.5, 0.6) is 0 Å². The average Bonchev–Trinajstić information content (AvgIpc) is 2.35. The molecule has 2 rings (SSSR count). The summed E-state index contributed by atoms with van der Waals surface area (Å²) in [4.78, 5) is 8.65. The normalized spacial score (nSPS) is 10.4. The van der Waals surface area contributed by atoms with Gasteiger partial charge in [0.15, 0.2) is 5.82 Å². The van der Waals surface area contributed by atoms with Gasteiger partial charge in [-0.25, -0.2) is 20.2 Å². The van der Waals surface area contributed by atoms with Crippen LogP contribution >= 0.6 is 11.8 Å². The molecular weight excluding hydrogens is 251 g/mol. The summed E-state index contributed by atoms with van der Waals surface area (Å²) in [6.07, 6.45) is 1.11. The van der Waals surface area contributed by atoms with Crippen molar-refractivity contribution in [3.8, 4) is 0 Å². The van der Waals surface area contributed by atoms with Crippen molar-refractivity contribution in [2.24, 2.45) is 5.84 Å². The van der Waals surface area contributed by atoms with Gasteiger partial charge in [-0.1, -0.05) is 29.5 Å². The van der Waals surface area contributed by atoms with Gasteiger partial charge in [0.2, 0.25) is 5.95 Å². The van der Waals surface area contributed by atoms with E-state index in [0.717, 1.165) is 16.7 Å². The number of aromatic nitrogens is 2. The molecule has 0 saturated heterocycles. The number of nitrogens with two attached hydrogens (primary N) is 1. The zero-order valence-electron chi connectivity index (χ0n) is 10.1. The Bertz CT molecular complexity index is 574. The van der Waals surface area contributed by atoms with Gasteiger partial charge in [0.1, 0.15) is 5.03 Å². The molecule has 18 heavy (non-hydrogen) atoms. The second-order valence-corrected chi connectivity index (χ2v) is 4.89. The van der Waals surface area contributed by atoms with Crippen molar-refractivity contribution in [1.29, 1.82) is 0 Å². The molecule has 0 bridgehead atoms. The van der Waals surface area contributed by atoms with E-state index >= 15 is 0 Å². The highest BCUT2D eigenvalue weighted by Crippen LogP contribution is 2.31. The molecule has 4 nitrogen and oxygen atoms in total. The third-order valence-corrected chi connectivity index (χ3v) is 3.54. The molecule has 1 heterocycles. The molecule has 0 spiro atoms. The van der Waals surface area contributed by atoms with Gasteiger partial charge >= 0.3 is 0 Å². The Morgan fingerprint density at radius 2 is 2.11 bits per heavy atom. The number of anilines is 1. The van der Waals surface area contributed by atoms with Crippen LogP contribution in [0.1, 0.15) is 11.1 Å². The second-order valence-electron chi connectivity index (χ2n) is 3.86. The summed E-state index contributed by atoms with van der Waals surface area (Å²) < 4.78 is 13.6. The third-order valence-electron chi connectivity index (χ3n) is 2.38. The monoisotopic (exact) mass is 264 g/mol. The lowest BCUT2D eigenvalue weighted by Crippen LogP contribution is -2.11. The Morgan fingerprint density at radius 3 is 2.78 bits per heavy atom. The van der Waals surface area contributed by atoms with Gasteiger partial charge < -0.3 is 0 Å². The molecule has 0 atom stereocenters. The maximum atomic E-state index is 13.6. The highest BCUT2D eigenvalue weighted by molar-refractivity contribution is 7.99. The van der Waals surface area contributed by atoms with Gasteiger partial charge in [-0.15, -0.1) is 0 Å². The molecular formula is C12H13FN4S. The molecule has 1 aromatic carbocycles. The lowest BCUT2D eigenvalue weighted by molar-refractivity contribution is 0.580. The Kier molecular flexibility index (Phi) is 3.78. The summed E-state index contributed by atoms with van der Waals surface area (Å²) in [6, 6.07) is 5.98. The summed E-state index contributed by atoms with van der Waals surface area (Å²) in [5.74, 6) is 4.94. The number of aryl methyl sites for hydroxylation is 2. The summed E-state index contributed by atoms with van der Waals surface area (Å²) in [5.41, 5.74) is 4.56. The minimum absolute atomic E-state index is 0.198. The SMILES string of the molecule is Cc1ccc(Sc2nc(NN)ncc2F)c(C)c1. The highest BCUT2D eigenvalue weighted by atomic mass is 32.2. The summed E-state index contributed by atoms with van der Waals surface area (Å²) in [5, 5.41) is 0.255. The van der Waals surface area contributed by atoms with Crippen LogP contribution in [-0.4, -0.2) is 9.97 Å². The van der Waals surface area contributed by atoms with E-state index in [0.29, 0.717) is 0 Å². The van der Waals surface area contributed by atoms with E-state index in [-0.39, 0.29) is 11.0 Å². The number of nitrogens with one attached hydrogen (secondary N) is 1. The first-order chi connectivity index (χ1) is 8.60. The van der Waals surface area contributed by atoms with Crippen LogP contribution in [0.4, 0.5) is 10.3 Å². The number of benzene rings is 1. The Morgan fingerprint density at radius 1 is 1.33 bits per heavy atom. The van der Waals surface area contributed by atoms with E-state index in [1.165, 1.54) is 17.3 Å². The molecule has 0 unspecified atom stereocenters. The number of halogens is 1. The largest absolute Gasteiger partial charge is 0.292 e. The molecule has 2 aromatic rings. The maximum Gasteiger partial charge on any atom is 0.238 e. The summed E-state index contributed by atoms with van der Waals surface area (Å²) in [7, 11) is 0. The van der Waals surface area contributed by atoms with E-state index in [1.54, 1.807) is 0 Å². The molecule has 1 aromatic heterocycles. The lowest BCUT2D eigenvalue weighted by atomic mass is 10.2.